The fraction of sp³-hybridized carbons (Fsp3) is 0.600. The number of carboxylic acids is 1. The van der Waals surface area contributed by atoms with Crippen LogP contribution in [0.3, 0.4) is 0 Å². The zero-order valence-corrected chi connectivity index (χ0v) is 8.25. The van der Waals surface area contributed by atoms with Gasteiger partial charge in [0.1, 0.15) is 0 Å². The van der Waals surface area contributed by atoms with Crippen LogP contribution < -0.4 is 5.32 Å². The van der Waals surface area contributed by atoms with Gasteiger partial charge in [-0.25, -0.2) is 0 Å². The van der Waals surface area contributed by atoms with Crippen LogP contribution in [-0.2, 0) is 9.59 Å². The summed E-state index contributed by atoms with van der Waals surface area (Å²) in [4.78, 5) is 21.8. The van der Waals surface area contributed by atoms with Crippen LogP contribution in [0.25, 0.3) is 0 Å². The zero-order valence-electron chi connectivity index (χ0n) is 8.25. The van der Waals surface area contributed by atoms with Gasteiger partial charge < -0.3 is 10.4 Å². The summed E-state index contributed by atoms with van der Waals surface area (Å²) in [6.07, 6.45) is 5.61. The highest BCUT2D eigenvalue weighted by Crippen LogP contribution is 2.34. The van der Waals surface area contributed by atoms with Crippen LogP contribution in [0.15, 0.2) is 12.2 Å². The van der Waals surface area contributed by atoms with Gasteiger partial charge in [0.15, 0.2) is 0 Å². The number of amides is 1. The number of hydrogen-bond donors (Lipinski definition) is 2. The Hall–Kier alpha value is -1.32. The lowest BCUT2D eigenvalue weighted by Crippen LogP contribution is -2.54. The van der Waals surface area contributed by atoms with Crippen LogP contribution in [-0.4, -0.2) is 22.5 Å². The average molecular weight is 197 g/mol. The SMILES string of the molecule is CC=CC(=O)NC1(CC(=O)O)CCC1. The highest BCUT2D eigenvalue weighted by atomic mass is 16.4. The second-order valence-electron chi connectivity index (χ2n) is 3.69. The smallest absolute Gasteiger partial charge is 0.305 e. The molecule has 14 heavy (non-hydrogen) atoms. The van der Waals surface area contributed by atoms with Gasteiger partial charge in [0, 0.05) is 0 Å². The molecule has 0 aromatic heterocycles. The first kappa shape index (κ1) is 10.8. The molecule has 0 heterocycles. The van der Waals surface area contributed by atoms with E-state index in [9.17, 15) is 9.59 Å². The molecule has 0 unspecified atom stereocenters. The second kappa shape index (κ2) is 4.26. The van der Waals surface area contributed by atoms with Crippen LogP contribution in [0.5, 0.6) is 0 Å². The number of allylic oxidation sites excluding steroid dienone is 1. The summed E-state index contributed by atoms with van der Waals surface area (Å²) in [5.41, 5.74) is -0.484. The fourth-order valence-corrected chi connectivity index (χ4v) is 1.69. The number of aliphatic carboxylic acids is 1. The van der Waals surface area contributed by atoms with Gasteiger partial charge in [-0.3, -0.25) is 9.59 Å². The Kier molecular flexibility index (Phi) is 3.28. The van der Waals surface area contributed by atoms with Crippen molar-refractivity contribution in [3.8, 4) is 0 Å². The van der Waals surface area contributed by atoms with E-state index >= 15 is 0 Å². The third-order valence-corrected chi connectivity index (χ3v) is 2.51. The molecule has 1 rings (SSSR count). The number of carbonyl (C=O) groups excluding carboxylic acids is 1. The molecule has 4 heteroatoms. The van der Waals surface area contributed by atoms with Crippen LogP contribution >= 0.6 is 0 Å². The lowest BCUT2D eigenvalue weighted by atomic mass is 9.74. The summed E-state index contributed by atoms with van der Waals surface area (Å²) in [5.74, 6) is -1.06. The molecule has 0 aliphatic heterocycles. The Morgan fingerprint density at radius 2 is 2.14 bits per heavy atom. The Labute approximate surface area is 83.0 Å². The van der Waals surface area contributed by atoms with E-state index in [0.717, 1.165) is 19.3 Å². The number of nitrogens with one attached hydrogen (secondary N) is 1. The molecular weight excluding hydrogens is 182 g/mol. The van der Waals surface area contributed by atoms with Crippen molar-refractivity contribution in [1.82, 2.24) is 5.32 Å². The molecule has 1 amide bonds. The Morgan fingerprint density at radius 3 is 2.50 bits per heavy atom. The van der Waals surface area contributed by atoms with Crippen molar-refractivity contribution < 1.29 is 14.7 Å². The predicted molar refractivity (Wildman–Crippen MR) is 51.8 cm³/mol. The minimum absolute atomic E-state index is 0.0241. The molecule has 1 fully saturated rings. The lowest BCUT2D eigenvalue weighted by Gasteiger charge is -2.41. The van der Waals surface area contributed by atoms with Crippen molar-refractivity contribution in [2.45, 2.75) is 38.1 Å². The van der Waals surface area contributed by atoms with Crippen molar-refractivity contribution in [3.63, 3.8) is 0 Å². The van der Waals surface area contributed by atoms with Gasteiger partial charge in [0.2, 0.25) is 5.91 Å². The van der Waals surface area contributed by atoms with Crippen molar-refractivity contribution in [1.29, 1.82) is 0 Å². The quantitative estimate of drug-likeness (QED) is 0.662. The van der Waals surface area contributed by atoms with E-state index in [-0.39, 0.29) is 12.3 Å². The van der Waals surface area contributed by atoms with E-state index in [1.807, 2.05) is 0 Å². The molecule has 1 aliphatic rings. The van der Waals surface area contributed by atoms with E-state index in [1.165, 1.54) is 6.08 Å². The van der Waals surface area contributed by atoms with Crippen molar-refractivity contribution in [3.05, 3.63) is 12.2 Å². The van der Waals surface area contributed by atoms with Crippen LogP contribution in [0, 0.1) is 0 Å². The van der Waals surface area contributed by atoms with E-state index in [1.54, 1.807) is 13.0 Å². The lowest BCUT2D eigenvalue weighted by molar-refractivity contribution is -0.140. The predicted octanol–water partition coefficient (Wildman–Crippen LogP) is 1.08. The largest absolute Gasteiger partial charge is 0.481 e. The van der Waals surface area contributed by atoms with Crippen LogP contribution in [0.4, 0.5) is 0 Å². The molecule has 0 aromatic rings. The molecule has 0 radical (unpaired) electrons. The van der Waals surface area contributed by atoms with Crippen LogP contribution in [0.2, 0.25) is 0 Å². The molecule has 0 atom stereocenters. The van der Waals surface area contributed by atoms with Crippen LogP contribution in [0.1, 0.15) is 32.6 Å². The topological polar surface area (TPSA) is 66.4 Å². The van der Waals surface area contributed by atoms with Gasteiger partial charge >= 0.3 is 5.97 Å². The van der Waals surface area contributed by atoms with Crippen molar-refractivity contribution in [2.24, 2.45) is 0 Å². The maximum atomic E-state index is 11.2. The highest BCUT2D eigenvalue weighted by Gasteiger charge is 2.39. The highest BCUT2D eigenvalue weighted by molar-refractivity contribution is 5.88. The first-order valence-electron chi connectivity index (χ1n) is 4.75. The van der Waals surface area contributed by atoms with Gasteiger partial charge in [-0.2, -0.15) is 0 Å². The molecule has 0 bridgehead atoms. The number of hydrogen-bond acceptors (Lipinski definition) is 2. The molecule has 0 spiro atoms. The molecule has 1 saturated carbocycles. The van der Waals surface area contributed by atoms with Gasteiger partial charge in [-0.15, -0.1) is 0 Å². The summed E-state index contributed by atoms with van der Waals surface area (Å²) in [7, 11) is 0. The average Bonchev–Trinajstić information content (AvgIpc) is 1.99. The minimum Gasteiger partial charge on any atom is -0.481 e. The molecular formula is C10H15NO3. The number of rotatable bonds is 4. The molecule has 0 saturated heterocycles. The maximum absolute atomic E-state index is 11.2. The van der Waals surface area contributed by atoms with Gasteiger partial charge in [0.05, 0.1) is 12.0 Å². The molecule has 2 N–H and O–H groups in total. The first-order chi connectivity index (χ1) is 6.58. The molecule has 0 aromatic carbocycles. The van der Waals surface area contributed by atoms with E-state index in [2.05, 4.69) is 5.32 Å². The Balaban J connectivity index is 2.53. The van der Waals surface area contributed by atoms with E-state index in [0.29, 0.717) is 0 Å². The van der Waals surface area contributed by atoms with E-state index < -0.39 is 11.5 Å². The van der Waals surface area contributed by atoms with E-state index in [4.69, 9.17) is 5.11 Å². The van der Waals surface area contributed by atoms with Gasteiger partial charge in [0.25, 0.3) is 0 Å². The fourth-order valence-electron chi connectivity index (χ4n) is 1.69. The molecule has 78 valence electrons. The third kappa shape index (κ3) is 2.58. The second-order valence-corrected chi connectivity index (χ2v) is 3.69. The van der Waals surface area contributed by atoms with Crippen molar-refractivity contribution >= 4 is 11.9 Å². The summed E-state index contributed by atoms with van der Waals surface area (Å²) >= 11 is 0. The zero-order chi connectivity index (χ0) is 10.6. The standard InChI is InChI=1S/C10H15NO3/c1-2-4-8(12)11-10(5-3-6-10)7-9(13)14/h2,4H,3,5-7H2,1H3,(H,11,12)(H,13,14). The molecule has 1 aliphatic carbocycles. The number of carboxylic acid groups (broad SMARTS) is 1. The summed E-state index contributed by atoms with van der Waals surface area (Å²) < 4.78 is 0. The van der Waals surface area contributed by atoms with Gasteiger partial charge in [-0.1, -0.05) is 6.08 Å². The first-order valence-corrected chi connectivity index (χ1v) is 4.75. The minimum atomic E-state index is -0.856. The summed E-state index contributed by atoms with van der Waals surface area (Å²) in [6, 6.07) is 0. The van der Waals surface area contributed by atoms with Crippen molar-refractivity contribution in [2.75, 3.05) is 0 Å². The monoisotopic (exact) mass is 197 g/mol. The van der Waals surface area contributed by atoms with Gasteiger partial charge in [-0.05, 0) is 32.3 Å². The summed E-state index contributed by atoms with van der Waals surface area (Å²) in [5, 5.41) is 11.4. The molecule has 4 nitrogen and oxygen atoms in total. The summed E-state index contributed by atoms with van der Waals surface area (Å²) in [6.45, 7) is 1.75. The Bertz CT molecular complexity index is 267. The third-order valence-electron chi connectivity index (χ3n) is 2.51. The Morgan fingerprint density at radius 1 is 1.50 bits per heavy atom. The maximum Gasteiger partial charge on any atom is 0.305 e. The normalized spacial score (nSPS) is 18.9. The number of carbonyl (C=O) groups is 2.